The van der Waals surface area contributed by atoms with E-state index in [0.717, 1.165) is 98.8 Å². The van der Waals surface area contributed by atoms with Crippen LogP contribution in [-0.4, -0.2) is 99.7 Å². The van der Waals surface area contributed by atoms with E-state index in [9.17, 15) is 24.3 Å². The third-order valence-corrected chi connectivity index (χ3v) is 15.2. The number of aromatic nitrogens is 3. The van der Waals surface area contributed by atoms with E-state index >= 15 is 0 Å². The minimum absolute atomic E-state index is 0.00387. The molecule has 4 aliphatic heterocycles. The number of rotatable bonds is 10. The fraction of sp³-hybridized carbons (Fsp3) is 0.429. The number of fused-ring (bicyclic) bond motifs is 3. The first-order valence-electron chi connectivity index (χ1n) is 24.3. The van der Waals surface area contributed by atoms with Crippen LogP contribution in [0.15, 0.2) is 71.9 Å². The summed E-state index contributed by atoms with van der Waals surface area (Å²) in [6.45, 7) is 3.88. The quantitative estimate of drug-likeness (QED) is 0.128. The monoisotopic (exact) mass is 899 g/mol. The topological polar surface area (TPSA) is 168 Å². The van der Waals surface area contributed by atoms with E-state index in [4.69, 9.17) is 4.11 Å². The number of nitrogens with one attached hydrogen (secondary N) is 3. The molecule has 1 unspecified atom stereocenters. The maximum atomic E-state index is 14.0. The zero-order valence-corrected chi connectivity index (χ0v) is 37.3. The van der Waals surface area contributed by atoms with Gasteiger partial charge in [-0.1, -0.05) is 0 Å². The molecular weight excluding hydrogens is 841 g/mol. The molecule has 8 heterocycles. The maximum Gasteiger partial charge on any atom is 0.274 e. The van der Waals surface area contributed by atoms with E-state index in [0.29, 0.717) is 64.7 Å². The maximum absolute atomic E-state index is 14.0. The Morgan fingerprint density at radius 3 is 2.46 bits per heavy atom. The molecule has 65 heavy (non-hydrogen) atoms. The average molecular weight is 900 g/mol. The molecule has 4 N–H and O–H groups in total. The predicted molar refractivity (Wildman–Crippen MR) is 255 cm³/mol. The molecular formula is C49H56N10O5S. The fourth-order valence-corrected chi connectivity index (χ4v) is 11.8. The lowest BCUT2D eigenvalue weighted by molar-refractivity contribution is -0.133. The molecule has 0 bridgehead atoms. The number of nitrogens with zero attached hydrogens (tertiary/aromatic N) is 7. The van der Waals surface area contributed by atoms with Crippen LogP contribution in [0.1, 0.15) is 80.8 Å². The van der Waals surface area contributed by atoms with Crippen molar-refractivity contribution in [1.29, 1.82) is 0 Å². The average Bonchev–Trinajstić information content (AvgIpc) is 3.73. The Labute approximate surface area is 386 Å². The Bertz CT molecular complexity index is 2790. The number of hydrogen-bond donors (Lipinski definition) is 4. The molecule has 10 rings (SSSR count). The van der Waals surface area contributed by atoms with Crippen molar-refractivity contribution in [3.05, 3.63) is 104 Å². The minimum atomic E-state index is -2.81. The Morgan fingerprint density at radius 1 is 0.892 bits per heavy atom. The van der Waals surface area contributed by atoms with Crippen molar-refractivity contribution >= 4 is 63.4 Å². The van der Waals surface area contributed by atoms with Crippen LogP contribution < -0.4 is 36.2 Å². The summed E-state index contributed by atoms with van der Waals surface area (Å²) in [5.41, 5.74) is 5.83. The molecule has 1 aliphatic carbocycles. The zero-order valence-electron chi connectivity index (χ0n) is 39.5. The first kappa shape index (κ1) is 39.3. The number of pyridine rings is 3. The van der Waals surface area contributed by atoms with Crippen molar-refractivity contribution in [2.45, 2.75) is 89.4 Å². The van der Waals surface area contributed by atoms with Crippen LogP contribution >= 0.6 is 11.3 Å². The number of amides is 3. The van der Waals surface area contributed by atoms with Gasteiger partial charge in [0, 0.05) is 109 Å². The summed E-state index contributed by atoms with van der Waals surface area (Å²) >= 11 is 1.57. The minimum Gasteiger partial charge on any atom is -0.392 e. The van der Waals surface area contributed by atoms with E-state index in [1.165, 1.54) is 16.6 Å². The largest absolute Gasteiger partial charge is 0.392 e. The molecule has 4 aromatic heterocycles. The molecule has 16 heteroatoms. The second kappa shape index (κ2) is 18.1. The van der Waals surface area contributed by atoms with Gasteiger partial charge in [0.05, 0.1) is 23.4 Å². The third-order valence-electron chi connectivity index (χ3n) is 13.9. The van der Waals surface area contributed by atoms with Gasteiger partial charge in [0.1, 0.15) is 23.4 Å². The molecule has 3 fully saturated rings. The van der Waals surface area contributed by atoms with Gasteiger partial charge in [-0.05, 0) is 124 Å². The van der Waals surface area contributed by atoms with Crippen molar-refractivity contribution in [3.63, 3.8) is 0 Å². The number of aliphatic hydroxyl groups is 1. The smallest absolute Gasteiger partial charge is 0.274 e. The Balaban J connectivity index is 0.790. The van der Waals surface area contributed by atoms with Crippen LogP contribution in [0.3, 0.4) is 0 Å². The summed E-state index contributed by atoms with van der Waals surface area (Å²) in [4.78, 5) is 71.7. The van der Waals surface area contributed by atoms with Gasteiger partial charge >= 0.3 is 0 Å². The number of piperazine rings is 1. The Morgan fingerprint density at radius 2 is 1.71 bits per heavy atom. The number of anilines is 6. The number of aliphatic hydroxyl groups excluding tert-OH is 1. The van der Waals surface area contributed by atoms with E-state index < -0.39 is 25.2 Å². The molecule has 1 aromatic carbocycles. The van der Waals surface area contributed by atoms with Gasteiger partial charge in [-0.3, -0.25) is 34.3 Å². The molecule has 0 spiro atoms. The van der Waals surface area contributed by atoms with Crippen molar-refractivity contribution < 1.29 is 23.6 Å². The number of thiophene rings is 1. The number of hydrogen-bond acceptors (Lipinski definition) is 13. The number of carbonyl (C=O) groups is 3. The summed E-state index contributed by atoms with van der Waals surface area (Å²) in [6.07, 6.45) is 12.4. The van der Waals surface area contributed by atoms with Crippen molar-refractivity contribution in [2.24, 2.45) is 6.98 Å². The molecule has 0 radical (unpaired) electrons. The molecule has 0 saturated carbocycles. The van der Waals surface area contributed by atoms with Gasteiger partial charge < -0.3 is 30.1 Å². The first-order chi connectivity index (χ1) is 32.8. The van der Waals surface area contributed by atoms with E-state index in [1.807, 2.05) is 18.2 Å². The lowest BCUT2D eigenvalue weighted by Gasteiger charge is -2.46. The van der Waals surface area contributed by atoms with Gasteiger partial charge in [-0.2, -0.15) is 0 Å². The molecule has 3 saturated heterocycles. The summed E-state index contributed by atoms with van der Waals surface area (Å²) in [7, 11) is 0. The highest BCUT2D eigenvalue weighted by Gasteiger charge is 2.35. The number of carbonyl (C=O) groups excluding carboxylic acids is 3. The molecule has 3 amide bonds. The summed E-state index contributed by atoms with van der Waals surface area (Å²) < 4.78 is 25.4. The molecule has 5 aliphatic rings. The lowest BCUT2D eigenvalue weighted by Crippen LogP contribution is -2.57. The summed E-state index contributed by atoms with van der Waals surface area (Å²) in [6, 6.07) is 15.4. The second-order valence-corrected chi connectivity index (χ2v) is 18.9. The van der Waals surface area contributed by atoms with Gasteiger partial charge in [-0.15, -0.1) is 11.3 Å². The Hall–Kier alpha value is -6.10. The van der Waals surface area contributed by atoms with E-state index in [-0.39, 0.29) is 29.5 Å². The zero-order chi connectivity index (χ0) is 47.3. The number of benzene rings is 1. The molecule has 15 nitrogen and oxygen atoms in total. The standard InChI is InChI=1S/C49H56N10O5S/c1-30-27-57(34-16-20-56(21-17-34)33-9-7-32(8-10-33)52-40-12-14-44(61)54-47(40)62)23-24-58(30)35-11-13-43(51-26-35)53-41-25-31(28-55(2)48(41)63)36-15-19-50-46(39(36)29-60)59-22-18-38-37-5-3-4-6-42(37)65-45(38)49(59)64/h7-11,13,15,19,25-26,28,30,34,40,52,60H,3-6,12,14,16-18,20-24,27,29H2,1-2H3,(H,51,53)(H,54,61,62)/t30-,40?/m0/s1/i2D3. The van der Waals surface area contributed by atoms with Crippen LogP contribution in [0.4, 0.5) is 34.4 Å². The van der Waals surface area contributed by atoms with Crippen LogP contribution in [0, 0.1) is 0 Å². The molecule has 338 valence electrons. The number of imide groups is 1. The number of aryl methyl sites for hydroxylation is 2. The highest BCUT2D eigenvalue weighted by atomic mass is 32.1. The third kappa shape index (κ3) is 8.50. The van der Waals surface area contributed by atoms with E-state index in [1.54, 1.807) is 46.8 Å². The van der Waals surface area contributed by atoms with Gasteiger partial charge in [-0.25, -0.2) is 9.97 Å². The second-order valence-electron chi connectivity index (χ2n) is 17.8. The van der Waals surface area contributed by atoms with Crippen LogP contribution in [0.5, 0.6) is 0 Å². The SMILES string of the molecule is [2H]C([2H])([2H])n1cc(-c2ccnc(N3CCc4c(sc5c4CCCC5)C3=O)c2CO)cc(Nc2ccc(N3CCN(C4CCN(c5ccc(NC6CCC(=O)NC6=O)cc5)CC4)C[C@@H]3C)cn2)c1=O. The fourth-order valence-electron chi connectivity index (χ4n) is 10.4. The number of piperidine rings is 2. The summed E-state index contributed by atoms with van der Waals surface area (Å²) in [5.74, 6) is 0.0258. The van der Waals surface area contributed by atoms with Gasteiger partial charge in [0.2, 0.25) is 11.8 Å². The van der Waals surface area contributed by atoms with Crippen molar-refractivity contribution in [2.75, 3.05) is 64.6 Å². The molecule has 2 atom stereocenters. The first-order valence-corrected chi connectivity index (χ1v) is 23.6. The van der Waals surface area contributed by atoms with Gasteiger partial charge in [0.25, 0.3) is 11.5 Å². The van der Waals surface area contributed by atoms with E-state index in [2.05, 4.69) is 59.7 Å². The van der Waals surface area contributed by atoms with Crippen molar-refractivity contribution in [3.8, 4) is 11.1 Å². The Kier molecular flexibility index (Phi) is 10.9. The van der Waals surface area contributed by atoms with Crippen LogP contribution in [0.2, 0.25) is 0 Å². The van der Waals surface area contributed by atoms with Crippen LogP contribution in [-0.2, 0) is 42.4 Å². The lowest BCUT2D eigenvalue weighted by atomic mass is 9.92. The predicted octanol–water partition coefficient (Wildman–Crippen LogP) is 5.62. The highest BCUT2D eigenvalue weighted by Crippen LogP contribution is 2.40. The highest BCUT2D eigenvalue weighted by molar-refractivity contribution is 7.14. The van der Waals surface area contributed by atoms with Crippen LogP contribution in [0.25, 0.3) is 11.1 Å². The normalized spacial score (nSPS) is 21.5. The van der Waals surface area contributed by atoms with Crippen molar-refractivity contribution in [1.82, 2.24) is 24.8 Å². The summed E-state index contributed by atoms with van der Waals surface area (Å²) in [5, 5.41) is 19.6. The van der Waals surface area contributed by atoms with Gasteiger partial charge in [0.15, 0.2) is 0 Å². The molecule has 5 aromatic rings.